The molecule has 0 radical (unpaired) electrons. The molecule has 0 bridgehead atoms. The maximum absolute atomic E-state index is 10.8. The summed E-state index contributed by atoms with van der Waals surface area (Å²) in [5.74, 6) is 0.272. The van der Waals surface area contributed by atoms with Gasteiger partial charge in [0.2, 0.25) is 5.91 Å². The maximum atomic E-state index is 10.8. The van der Waals surface area contributed by atoms with Crippen LogP contribution in [-0.4, -0.2) is 20.5 Å². The summed E-state index contributed by atoms with van der Waals surface area (Å²) < 4.78 is 0. The minimum atomic E-state index is -1.15. The lowest BCUT2D eigenvalue weighted by Crippen LogP contribution is -2.54. The highest BCUT2D eigenvalue weighted by Gasteiger charge is 2.38. The SMILES string of the molecule is C[Si](C)(C)[C@@H]1CNC1=O. The molecule has 3 heteroatoms. The molecular weight excluding hydrogens is 130 g/mol. The van der Waals surface area contributed by atoms with Crippen LogP contribution in [0.2, 0.25) is 25.2 Å². The predicted octanol–water partition coefficient (Wildman–Crippen LogP) is 0.825. The van der Waals surface area contributed by atoms with Gasteiger partial charge in [-0.15, -0.1) is 0 Å². The van der Waals surface area contributed by atoms with Gasteiger partial charge >= 0.3 is 0 Å². The van der Waals surface area contributed by atoms with E-state index < -0.39 is 8.07 Å². The minimum Gasteiger partial charge on any atom is -0.356 e. The molecule has 0 saturated carbocycles. The number of hydrogen-bond donors (Lipinski definition) is 1. The highest BCUT2D eigenvalue weighted by molar-refractivity contribution is 6.81. The summed E-state index contributed by atoms with van der Waals surface area (Å²) in [4.78, 5) is 10.8. The monoisotopic (exact) mass is 143 g/mol. The second-order valence-electron chi connectivity index (χ2n) is 3.66. The summed E-state index contributed by atoms with van der Waals surface area (Å²) >= 11 is 0. The number of β-lactam (4-membered cyclic amide) rings is 1. The van der Waals surface area contributed by atoms with E-state index in [4.69, 9.17) is 0 Å². The van der Waals surface area contributed by atoms with Gasteiger partial charge < -0.3 is 5.32 Å². The van der Waals surface area contributed by atoms with Crippen molar-refractivity contribution in [3.63, 3.8) is 0 Å². The Hall–Kier alpha value is -0.313. The van der Waals surface area contributed by atoms with Gasteiger partial charge in [-0.3, -0.25) is 4.79 Å². The highest BCUT2D eigenvalue weighted by Crippen LogP contribution is 2.25. The Labute approximate surface area is 56.7 Å². The van der Waals surface area contributed by atoms with E-state index in [9.17, 15) is 4.79 Å². The van der Waals surface area contributed by atoms with Crippen LogP contribution in [-0.2, 0) is 4.79 Å². The van der Waals surface area contributed by atoms with Gasteiger partial charge in [-0.25, -0.2) is 0 Å². The van der Waals surface area contributed by atoms with Crippen LogP contribution in [0.25, 0.3) is 0 Å². The first kappa shape index (κ1) is 6.80. The third kappa shape index (κ3) is 1.15. The second-order valence-corrected chi connectivity index (χ2v) is 9.09. The van der Waals surface area contributed by atoms with E-state index in [2.05, 4.69) is 25.0 Å². The fourth-order valence-corrected chi connectivity index (χ4v) is 2.59. The first-order chi connectivity index (χ1) is 4.02. The topological polar surface area (TPSA) is 29.1 Å². The predicted molar refractivity (Wildman–Crippen MR) is 40.1 cm³/mol. The zero-order valence-corrected chi connectivity index (χ0v) is 7.19. The van der Waals surface area contributed by atoms with Crippen LogP contribution in [0, 0.1) is 0 Å². The van der Waals surface area contributed by atoms with Crippen molar-refractivity contribution in [3.05, 3.63) is 0 Å². The fourth-order valence-electron chi connectivity index (χ4n) is 0.987. The summed E-state index contributed by atoms with van der Waals surface area (Å²) in [6.07, 6.45) is 0. The van der Waals surface area contributed by atoms with Crippen molar-refractivity contribution >= 4 is 14.0 Å². The molecule has 1 fully saturated rings. The number of rotatable bonds is 1. The minimum absolute atomic E-state index is 0.272. The first-order valence-electron chi connectivity index (χ1n) is 3.29. The van der Waals surface area contributed by atoms with Crippen LogP contribution < -0.4 is 5.32 Å². The molecule has 1 N–H and O–H groups in total. The summed E-state index contributed by atoms with van der Waals surface area (Å²) in [7, 11) is -1.15. The number of carbonyl (C=O) groups is 1. The molecule has 1 amide bonds. The molecule has 0 spiro atoms. The molecule has 0 aliphatic carbocycles. The molecule has 1 heterocycles. The Morgan fingerprint density at radius 1 is 1.56 bits per heavy atom. The van der Waals surface area contributed by atoms with Gasteiger partial charge in [0.25, 0.3) is 0 Å². The largest absolute Gasteiger partial charge is 0.356 e. The second kappa shape index (κ2) is 1.83. The van der Waals surface area contributed by atoms with Gasteiger partial charge in [0.05, 0.1) is 8.07 Å². The van der Waals surface area contributed by atoms with Gasteiger partial charge in [-0.1, -0.05) is 19.6 Å². The summed E-state index contributed by atoms with van der Waals surface area (Å²) in [5.41, 5.74) is 0.387. The van der Waals surface area contributed by atoms with E-state index in [1.165, 1.54) is 0 Å². The normalized spacial score (nSPS) is 27.0. The first-order valence-corrected chi connectivity index (χ1v) is 6.87. The molecule has 2 nitrogen and oxygen atoms in total. The number of carbonyl (C=O) groups excluding carboxylic acids is 1. The number of hydrogen-bond acceptors (Lipinski definition) is 1. The Bertz CT molecular complexity index is 138. The van der Waals surface area contributed by atoms with Crippen molar-refractivity contribution in [2.75, 3.05) is 6.54 Å². The quantitative estimate of drug-likeness (QED) is 0.427. The molecule has 0 aromatic rings. The van der Waals surface area contributed by atoms with Crippen LogP contribution in [0.3, 0.4) is 0 Å². The van der Waals surface area contributed by atoms with E-state index in [1.54, 1.807) is 0 Å². The number of amides is 1. The molecule has 1 aliphatic heterocycles. The summed E-state index contributed by atoms with van der Waals surface area (Å²) in [5, 5.41) is 2.76. The molecule has 1 saturated heterocycles. The zero-order valence-electron chi connectivity index (χ0n) is 6.19. The molecule has 52 valence electrons. The standard InChI is InChI=1S/C6H13NOSi/c1-9(2,3)5-4-7-6(5)8/h5H,4H2,1-3H3,(H,7,8)/t5-/m1/s1. The third-order valence-corrected chi connectivity index (χ3v) is 4.40. The lowest BCUT2D eigenvalue weighted by molar-refractivity contribution is -0.125. The van der Waals surface area contributed by atoms with E-state index >= 15 is 0 Å². The Kier molecular flexibility index (Phi) is 1.39. The van der Waals surface area contributed by atoms with Crippen molar-refractivity contribution in [3.8, 4) is 0 Å². The smallest absolute Gasteiger partial charge is 0.222 e. The van der Waals surface area contributed by atoms with Gasteiger partial charge in [0, 0.05) is 12.1 Å². The van der Waals surface area contributed by atoms with Gasteiger partial charge in [-0.2, -0.15) is 0 Å². The highest BCUT2D eigenvalue weighted by atomic mass is 28.3. The maximum Gasteiger partial charge on any atom is 0.222 e. The lowest BCUT2D eigenvalue weighted by Gasteiger charge is -2.35. The van der Waals surface area contributed by atoms with Crippen molar-refractivity contribution < 1.29 is 4.79 Å². The van der Waals surface area contributed by atoms with Crippen molar-refractivity contribution in [2.24, 2.45) is 0 Å². The van der Waals surface area contributed by atoms with E-state index in [0.29, 0.717) is 5.54 Å². The van der Waals surface area contributed by atoms with Crippen LogP contribution in [0.5, 0.6) is 0 Å². The van der Waals surface area contributed by atoms with Crippen LogP contribution >= 0.6 is 0 Å². The Morgan fingerprint density at radius 2 is 2.11 bits per heavy atom. The van der Waals surface area contributed by atoms with Crippen LogP contribution in [0.4, 0.5) is 0 Å². The lowest BCUT2D eigenvalue weighted by atomic mass is 10.3. The van der Waals surface area contributed by atoms with E-state index in [-0.39, 0.29) is 5.91 Å². The van der Waals surface area contributed by atoms with Crippen molar-refractivity contribution in [1.82, 2.24) is 5.32 Å². The average molecular weight is 143 g/mol. The molecule has 1 atom stereocenters. The molecule has 9 heavy (non-hydrogen) atoms. The molecule has 0 unspecified atom stereocenters. The summed E-state index contributed by atoms with van der Waals surface area (Å²) in [6, 6.07) is 0. The molecular formula is C6H13NOSi. The molecule has 0 aromatic heterocycles. The van der Waals surface area contributed by atoms with Gasteiger partial charge in [0.15, 0.2) is 0 Å². The summed E-state index contributed by atoms with van der Waals surface area (Å²) in [6.45, 7) is 7.62. The Balaban J connectivity index is 2.54. The van der Waals surface area contributed by atoms with Gasteiger partial charge in [-0.05, 0) is 0 Å². The van der Waals surface area contributed by atoms with Gasteiger partial charge in [0.1, 0.15) is 0 Å². The van der Waals surface area contributed by atoms with Crippen LogP contribution in [0.15, 0.2) is 0 Å². The van der Waals surface area contributed by atoms with Crippen LogP contribution in [0.1, 0.15) is 0 Å². The molecule has 1 rings (SSSR count). The zero-order chi connectivity index (χ0) is 7.07. The fraction of sp³-hybridized carbons (Fsp3) is 0.833. The van der Waals surface area contributed by atoms with Crippen molar-refractivity contribution in [1.29, 1.82) is 0 Å². The average Bonchev–Trinajstić information content (AvgIpc) is 1.57. The van der Waals surface area contributed by atoms with E-state index in [0.717, 1.165) is 6.54 Å². The third-order valence-electron chi connectivity index (χ3n) is 1.84. The van der Waals surface area contributed by atoms with E-state index in [1.807, 2.05) is 0 Å². The van der Waals surface area contributed by atoms with Crippen molar-refractivity contribution in [2.45, 2.75) is 25.2 Å². The Morgan fingerprint density at radius 3 is 2.11 bits per heavy atom. The molecule has 1 aliphatic rings. The molecule has 0 aromatic carbocycles. The number of nitrogens with one attached hydrogen (secondary N) is 1.